The lowest BCUT2D eigenvalue weighted by Gasteiger charge is -2.19. The highest BCUT2D eigenvalue weighted by molar-refractivity contribution is 7.09. The maximum atomic E-state index is 12.0. The quantitative estimate of drug-likeness (QED) is 0.939. The molecule has 0 aromatic carbocycles. The predicted molar refractivity (Wildman–Crippen MR) is 80.4 cm³/mol. The largest absolute Gasteiger partial charge is 0.361 e. The van der Waals surface area contributed by atoms with Gasteiger partial charge in [0.25, 0.3) is 5.91 Å². The zero-order valence-corrected chi connectivity index (χ0v) is 12.9. The van der Waals surface area contributed by atoms with Crippen LogP contribution in [0.2, 0.25) is 0 Å². The molecule has 1 N–H and O–H groups in total. The Bertz CT molecular complexity index is 614. The second kappa shape index (κ2) is 6.39. The third-order valence-electron chi connectivity index (χ3n) is 3.99. The second-order valence-corrected chi connectivity index (χ2v) is 6.42. The van der Waals surface area contributed by atoms with E-state index in [0.29, 0.717) is 23.8 Å². The van der Waals surface area contributed by atoms with Crippen molar-refractivity contribution in [3.63, 3.8) is 0 Å². The number of aromatic nitrogens is 2. The molecule has 1 fully saturated rings. The molecule has 2 aromatic rings. The first kappa shape index (κ1) is 14.3. The SMILES string of the molecule is Cc1oncc1C(=O)NCc1nc(C2CCCCC2)cs1. The molecule has 0 spiro atoms. The van der Waals surface area contributed by atoms with E-state index in [1.54, 1.807) is 18.3 Å². The Morgan fingerprint density at radius 1 is 1.43 bits per heavy atom. The van der Waals surface area contributed by atoms with Gasteiger partial charge in [-0.05, 0) is 19.8 Å². The number of carbonyl (C=O) groups is 1. The molecule has 0 atom stereocenters. The summed E-state index contributed by atoms with van der Waals surface area (Å²) in [5.74, 6) is 0.984. The van der Waals surface area contributed by atoms with Crippen LogP contribution in [-0.2, 0) is 6.54 Å². The summed E-state index contributed by atoms with van der Waals surface area (Å²) in [6.45, 7) is 2.19. The smallest absolute Gasteiger partial charge is 0.256 e. The number of carbonyl (C=O) groups excluding carboxylic acids is 1. The topological polar surface area (TPSA) is 68.0 Å². The van der Waals surface area contributed by atoms with E-state index >= 15 is 0 Å². The first-order chi connectivity index (χ1) is 10.2. The molecule has 2 aromatic heterocycles. The summed E-state index contributed by atoms with van der Waals surface area (Å²) in [6, 6.07) is 0. The number of nitrogens with one attached hydrogen (secondary N) is 1. The Hall–Kier alpha value is -1.69. The summed E-state index contributed by atoms with van der Waals surface area (Å²) >= 11 is 1.62. The van der Waals surface area contributed by atoms with Crippen molar-refractivity contribution in [2.45, 2.75) is 51.5 Å². The van der Waals surface area contributed by atoms with E-state index in [2.05, 4.69) is 20.8 Å². The minimum absolute atomic E-state index is 0.164. The predicted octanol–water partition coefficient (Wildman–Crippen LogP) is 3.42. The van der Waals surface area contributed by atoms with Crippen LogP contribution in [0.3, 0.4) is 0 Å². The van der Waals surface area contributed by atoms with E-state index in [9.17, 15) is 4.79 Å². The fourth-order valence-electron chi connectivity index (χ4n) is 2.76. The average molecular weight is 305 g/mol. The summed E-state index contributed by atoms with van der Waals surface area (Å²) in [7, 11) is 0. The van der Waals surface area contributed by atoms with Crippen molar-refractivity contribution in [3.05, 3.63) is 33.6 Å². The zero-order valence-electron chi connectivity index (χ0n) is 12.1. The van der Waals surface area contributed by atoms with Gasteiger partial charge in [0.1, 0.15) is 16.3 Å². The average Bonchev–Trinajstić information content (AvgIpc) is 3.15. The fraction of sp³-hybridized carbons (Fsp3) is 0.533. The van der Waals surface area contributed by atoms with Crippen molar-refractivity contribution < 1.29 is 9.32 Å². The number of rotatable bonds is 4. The number of thiazole rings is 1. The van der Waals surface area contributed by atoms with Crippen LogP contribution in [0.4, 0.5) is 0 Å². The van der Waals surface area contributed by atoms with E-state index in [4.69, 9.17) is 4.52 Å². The van der Waals surface area contributed by atoms with Gasteiger partial charge in [-0.2, -0.15) is 0 Å². The maximum Gasteiger partial charge on any atom is 0.256 e. The molecule has 0 bridgehead atoms. The Morgan fingerprint density at radius 3 is 2.95 bits per heavy atom. The molecular weight excluding hydrogens is 286 g/mol. The van der Waals surface area contributed by atoms with Gasteiger partial charge in [-0.3, -0.25) is 4.79 Å². The number of hydrogen-bond acceptors (Lipinski definition) is 5. The van der Waals surface area contributed by atoms with Crippen LogP contribution < -0.4 is 5.32 Å². The number of hydrogen-bond donors (Lipinski definition) is 1. The van der Waals surface area contributed by atoms with Crippen molar-refractivity contribution in [1.82, 2.24) is 15.5 Å². The third-order valence-corrected chi connectivity index (χ3v) is 4.86. The molecule has 112 valence electrons. The molecule has 6 heteroatoms. The van der Waals surface area contributed by atoms with Gasteiger partial charge in [0, 0.05) is 11.3 Å². The Kier molecular flexibility index (Phi) is 4.34. The molecule has 1 aliphatic carbocycles. The molecule has 21 heavy (non-hydrogen) atoms. The van der Waals surface area contributed by atoms with Crippen molar-refractivity contribution in [3.8, 4) is 0 Å². The summed E-state index contributed by atoms with van der Waals surface area (Å²) in [5, 5.41) is 9.58. The lowest BCUT2D eigenvalue weighted by atomic mass is 9.87. The normalized spacial score (nSPS) is 16.0. The molecule has 1 saturated carbocycles. The zero-order chi connectivity index (χ0) is 14.7. The van der Waals surface area contributed by atoms with Crippen LogP contribution in [-0.4, -0.2) is 16.0 Å². The van der Waals surface area contributed by atoms with Crippen LogP contribution in [0.15, 0.2) is 16.1 Å². The monoisotopic (exact) mass is 305 g/mol. The summed E-state index contributed by atoms with van der Waals surface area (Å²) in [5.41, 5.74) is 1.68. The van der Waals surface area contributed by atoms with Crippen molar-refractivity contribution >= 4 is 17.2 Å². The molecule has 1 aliphatic rings. The highest BCUT2D eigenvalue weighted by Crippen LogP contribution is 2.32. The molecule has 5 nitrogen and oxygen atoms in total. The first-order valence-electron chi connectivity index (χ1n) is 7.38. The Labute approximate surface area is 127 Å². The highest BCUT2D eigenvalue weighted by Gasteiger charge is 2.18. The van der Waals surface area contributed by atoms with Gasteiger partial charge in [0.15, 0.2) is 0 Å². The third kappa shape index (κ3) is 3.32. The van der Waals surface area contributed by atoms with Crippen LogP contribution in [0.25, 0.3) is 0 Å². The second-order valence-electron chi connectivity index (χ2n) is 5.48. The first-order valence-corrected chi connectivity index (χ1v) is 8.26. The van der Waals surface area contributed by atoms with Crippen molar-refractivity contribution in [2.24, 2.45) is 0 Å². The Morgan fingerprint density at radius 2 is 2.24 bits per heavy atom. The van der Waals surface area contributed by atoms with Crippen LogP contribution in [0.1, 0.15) is 64.8 Å². The van der Waals surface area contributed by atoms with Gasteiger partial charge >= 0.3 is 0 Å². The minimum atomic E-state index is -0.164. The van der Waals surface area contributed by atoms with Crippen LogP contribution in [0, 0.1) is 6.92 Å². The highest BCUT2D eigenvalue weighted by atomic mass is 32.1. The molecule has 0 saturated heterocycles. The lowest BCUT2D eigenvalue weighted by molar-refractivity contribution is 0.0949. The van der Waals surface area contributed by atoms with Gasteiger partial charge in [0.2, 0.25) is 0 Å². The molecule has 2 heterocycles. The molecule has 1 amide bonds. The Balaban J connectivity index is 1.57. The van der Waals surface area contributed by atoms with E-state index in [0.717, 1.165) is 5.01 Å². The molecular formula is C15H19N3O2S. The molecule has 0 unspecified atom stereocenters. The molecule has 0 aliphatic heterocycles. The molecule has 0 radical (unpaired) electrons. The van der Waals surface area contributed by atoms with Gasteiger partial charge in [-0.1, -0.05) is 24.4 Å². The van der Waals surface area contributed by atoms with Gasteiger partial charge in [0.05, 0.1) is 18.4 Å². The number of nitrogens with zero attached hydrogens (tertiary/aromatic N) is 2. The fourth-order valence-corrected chi connectivity index (χ4v) is 3.58. The minimum Gasteiger partial charge on any atom is -0.361 e. The molecule has 3 rings (SSSR count). The van der Waals surface area contributed by atoms with Crippen LogP contribution >= 0.6 is 11.3 Å². The van der Waals surface area contributed by atoms with Crippen LogP contribution in [0.5, 0.6) is 0 Å². The summed E-state index contributed by atoms with van der Waals surface area (Å²) in [4.78, 5) is 16.6. The maximum absolute atomic E-state index is 12.0. The number of aryl methyl sites for hydroxylation is 1. The van der Waals surface area contributed by atoms with Gasteiger partial charge in [-0.25, -0.2) is 4.98 Å². The van der Waals surface area contributed by atoms with Gasteiger partial charge < -0.3 is 9.84 Å². The van der Waals surface area contributed by atoms with E-state index in [-0.39, 0.29) is 5.91 Å². The summed E-state index contributed by atoms with van der Waals surface area (Å²) in [6.07, 6.45) is 7.90. The number of amides is 1. The lowest BCUT2D eigenvalue weighted by Crippen LogP contribution is -2.23. The van der Waals surface area contributed by atoms with Gasteiger partial charge in [-0.15, -0.1) is 11.3 Å². The van der Waals surface area contributed by atoms with E-state index in [1.807, 2.05) is 0 Å². The van der Waals surface area contributed by atoms with Crippen molar-refractivity contribution in [1.29, 1.82) is 0 Å². The standard InChI is InChI=1S/C15H19N3O2S/c1-10-12(7-17-20-10)15(19)16-8-14-18-13(9-21-14)11-5-3-2-4-6-11/h7,9,11H,2-6,8H2,1H3,(H,16,19). The van der Waals surface area contributed by atoms with E-state index < -0.39 is 0 Å². The van der Waals surface area contributed by atoms with E-state index in [1.165, 1.54) is 44.0 Å². The van der Waals surface area contributed by atoms with Crippen molar-refractivity contribution in [2.75, 3.05) is 0 Å². The summed E-state index contributed by atoms with van der Waals surface area (Å²) < 4.78 is 4.90.